The monoisotopic (exact) mass is 357 g/mol. The molecule has 132 valence electrons. The largest absolute Gasteiger partial charge is 0.345 e. The molecule has 1 aromatic heterocycles. The summed E-state index contributed by atoms with van der Waals surface area (Å²) in [7, 11) is 0. The second-order valence-corrected chi connectivity index (χ2v) is 6.75. The first-order valence-corrected chi connectivity index (χ1v) is 9.26. The van der Waals surface area contributed by atoms with Gasteiger partial charge in [0, 0.05) is 35.7 Å². The summed E-state index contributed by atoms with van der Waals surface area (Å²) in [6.07, 6.45) is 5.06. The summed E-state index contributed by atoms with van der Waals surface area (Å²) >= 11 is 1.71. The van der Waals surface area contributed by atoms with Crippen LogP contribution < -0.4 is 10.6 Å². The van der Waals surface area contributed by atoms with Gasteiger partial charge in [-0.1, -0.05) is 19.4 Å². The van der Waals surface area contributed by atoms with Crippen molar-refractivity contribution in [2.75, 3.05) is 5.32 Å². The Kier molecular flexibility index (Phi) is 7.47. The smallest absolute Gasteiger partial charge is 0.246 e. The zero-order valence-corrected chi connectivity index (χ0v) is 15.3. The number of pyridine rings is 1. The number of benzene rings is 1. The molecule has 0 aliphatic carbocycles. The molecule has 2 N–H and O–H groups in total. The maximum Gasteiger partial charge on any atom is 0.246 e. The summed E-state index contributed by atoms with van der Waals surface area (Å²) < 4.78 is 0. The van der Waals surface area contributed by atoms with Crippen molar-refractivity contribution in [1.29, 1.82) is 0 Å². The molecule has 2 aromatic rings. The average Bonchev–Trinajstić information content (AvgIpc) is 2.61. The van der Waals surface area contributed by atoms with Crippen molar-refractivity contribution < 1.29 is 9.59 Å². The van der Waals surface area contributed by atoms with Crippen molar-refractivity contribution in [2.24, 2.45) is 0 Å². The van der Waals surface area contributed by atoms with Crippen LogP contribution in [0.3, 0.4) is 0 Å². The Morgan fingerprint density at radius 1 is 1.20 bits per heavy atom. The van der Waals surface area contributed by atoms with Gasteiger partial charge >= 0.3 is 0 Å². The van der Waals surface area contributed by atoms with Gasteiger partial charge in [0.05, 0.1) is 0 Å². The van der Waals surface area contributed by atoms with Crippen LogP contribution in [-0.2, 0) is 15.3 Å². The normalized spacial score (nSPS) is 11.6. The van der Waals surface area contributed by atoms with Crippen LogP contribution in [0, 0.1) is 0 Å². The van der Waals surface area contributed by atoms with E-state index in [-0.39, 0.29) is 11.8 Å². The number of amides is 2. The van der Waals surface area contributed by atoms with Gasteiger partial charge in [0.25, 0.3) is 0 Å². The van der Waals surface area contributed by atoms with E-state index in [1.807, 2.05) is 49.5 Å². The molecule has 0 aliphatic heterocycles. The topological polar surface area (TPSA) is 71.1 Å². The van der Waals surface area contributed by atoms with Gasteiger partial charge in [-0.2, -0.15) is 0 Å². The van der Waals surface area contributed by atoms with E-state index in [0.717, 1.165) is 22.8 Å². The number of hydrogen-bond acceptors (Lipinski definition) is 4. The standard InChI is InChI=1S/C19H23N3O2S/c1-3-5-18(21-14(2)23)19(24)22-16-7-9-17(10-8-16)25-13-15-6-4-11-20-12-15/h4,6-12,18H,3,5,13H2,1-2H3,(H,21,23)(H,22,24)/t18-/m0/s1. The number of thioether (sulfide) groups is 1. The van der Waals surface area contributed by atoms with E-state index >= 15 is 0 Å². The van der Waals surface area contributed by atoms with Crippen LogP contribution in [0.1, 0.15) is 32.3 Å². The third-order valence-corrected chi connectivity index (χ3v) is 4.60. The lowest BCUT2D eigenvalue weighted by molar-refractivity contribution is -0.125. The van der Waals surface area contributed by atoms with E-state index in [4.69, 9.17) is 0 Å². The fraction of sp³-hybridized carbons (Fsp3) is 0.316. The van der Waals surface area contributed by atoms with Gasteiger partial charge < -0.3 is 10.6 Å². The van der Waals surface area contributed by atoms with Crippen molar-refractivity contribution in [3.05, 3.63) is 54.4 Å². The number of carbonyl (C=O) groups is 2. The molecule has 6 heteroatoms. The molecule has 1 heterocycles. The van der Waals surface area contributed by atoms with Gasteiger partial charge in [0.2, 0.25) is 11.8 Å². The van der Waals surface area contributed by atoms with Crippen molar-refractivity contribution in [3.8, 4) is 0 Å². The van der Waals surface area contributed by atoms with Gasteiger partial charge in [-0.05, 0) is 42.3 Å². The molecular formula is C19H23N3O2S. The lowest BCUT2D eigenvalue weighted by Crippen LogP contribution is -2.42. The van der Waals surface area contributed by atoms with Crippen LogP contribution >= 0.6 is 11.8 Å². The summed E-state index contributed by atoms with van der Waals surface area (Å²) in [6, 6.07) is 11.2. The minimum atomic E-state index is -0.498. The first-order chi connectivity index (χ1) is 12.1. The van der Waals surface area contributed by atoms with Crippen LogP contribution in [0.2, 0.25) is 0 Å². The van der Waals surface area contributed by atoms with Crippen molar-refractivity contribution in [2.45, 2.75) is 43.4 Å². The lowest BCUT2D eigenvalue weighted by atomic mass is 10.1. The van der Waals surface area contributed by atoms with Crippen LogP contribution in [0.15, 0.2) is 53.7 Å². The van der Waals surface area contributed by atoms with Crippen LogP contribution in [0.5, 0.6) is 0 Å². The summed E-state index contributed by atoms with van der Waals surface area (Å²) in [4.78, 5) is 28.7. The van der Waals surface area contributed by atoms with Crippen molar-refractivity contribution >= 4 is 29.3 Å². The SMILES string of the molecule is CCC[C@H](NC(C)=O)C(=O)Nc1ccc(SCc2cccnc2)cc1. The first kappa shape index (κ1) is 19.0. The number of carbonyl (C=O) groups excluding carboxylic acids is 2. The zero-order valence-electron chi connectivity index (χ0n) is 14.5. The molecule has 25 heavy (non-hydrogen) atoms. The van der Waals surface area contributed by atoms with E-state index < -0.39 is 6.04 Å². The molecule has 0 unspecified atom stereocenters. The first-order valence-electron chi connectivity index (χ1n) is 8.28. The number of nitrogens with zero attached hydrogens (tertiary/aromatic N) is 1. The predicted octanol–water partition coefficient (Wildman–Crippen LogP) is 3.62. The highest BCUT2D eigenvalue weighted by Gasteiger charge is 2.18. The zero-order chi connectivity index (χ0) is 18.1. The fourth-order valence-electron chi connectivity index (χ4n) is 2.32. The second kappa shape index (κ2) is 9.84. The molecule has 5 nitrogen and oxygen atoms in total. The highest BCUT2D eigenvalue weighted by atomic mass is 32.2. The molecule has 0 saturated heterocycles. The highest BCUT2D eigenvalue weighted by molar-refractivity contribution is 7.98. The maximum absolute atomic E-state index is 12.3. The van der Waals surface area contributed by atoms with E-state index in [1.54, 1.807) is 18.0 Å². The Bertz CT molecular complexity index is 690. The Morgan fingerprint density at radius 3 is 2.56 bits per heavy atom. The van der Waals surface area contributed by atoms with Gasteiger partial charge in [0.15, 0.2) is 0 Å². The Morgan fingerprint density at radius 2 is 1.96 bits per heavy atom. The molecule has 0 bridgehead atoms. The van der Waals surface area contributed by atoms with Gasteiger partial charge in [-0.25, -0.2) is 0 Å². The number of nitrogens with one attached hydrogen (secondary N) is 2. The Labute approximate surface area is 152 Å². The highest BCUT2D eigenvalue weighted by Crippen LogP contribution is 2.24. The van der Waals surface area contributed by atoms with Crippen molar-refractivity contribution in [3.63, 3.8) is 0 Å². The molecule has 2 rings (SSSR count). The Balaban J connectivity index is 1.90. The second-order valence-electron chi connectivity index (χ2n) is 5.71. The average molecular weight is 357 g/mol. The van der Waals surface area contributed by atoms with Crippen LogP contribution in [0.25, 0.3) is 0 Å². The van der Waals surface area contributed by atoms with E-state index in [2.05, 4.69) is 15.6 Å². The minimum Gasteiger partial charge on any atom is -0.345 e. The van der Waals surface area contributed by atoms with Crippen molar-refractivity contribution in [1.82, 2.24) is 10.3 Å². The van der Waals surface area contributed by atoms with Gasteiger partial charge in [0.1, 0.15) is 6.04 Å². The molecule has 0 saturated carbocycles. The summed E-state index contributed by atoms with van der Waals surface area (Å²) in [5.41, 5.74) is 1.89. The molecular weight excluding hydrogens is 334 g/mol. The van der Waals surface area contributed by atoms with Crippen LogP contribution in [0.4, 0.5) is 5.69 Å². The number of aromatic nitrogens is 1. The maximum atomic E-state index is 12.3. The number of rotatable bonds is 8. The quantitative estimate of drug-likeness (QED) is 0.708. The minimum absolute atomic E-state index is 0.187. The third kappa shape index (κ3) is 6.58. The molecule has 0 radical (unpaired) electrons. The lowest BCUT2D eigenvalue weighted by Gasteiger charge is -2.17. The fourth-order valence-corrected chi connectivity index (χ4v) is 3.15. The molecule has 0 aliphatic rings. The molecule has 2 amide bonds. The third-order valence-electron chi connectivity index (χ3n) is 3.52. The number of anilines is 1. The van der Waals surface area contributed by atoms with Gasteiger partial charge in [-0.15, -0.1) is 11.8 Å². The molecule has 0 fully saturated rings. The summed E-state index contributed by atoms with van der Waals surface area (Å²) in [5, 5.41) is 5.55. The van der Waals surface area contributed by atoms with Gasteiger partial charge in [-0.3, -0.25) is 14.6 Å². The van der Waals surface area contributed by atoms with E-state index in [1.165, 1.54) is 12.5 Å². The van der Waals surface area contributed by atoms with Crippen LogP contribution in [-0.4, -0.2) is 22.8 Å². The molecule has 1 aromatic carbocycles. The van der Waals surface area contributed by atoms with E-state index in [9.17, 15) is 9.59 Å². The predicted molar refractivity (Wildman–Crippen MR) is 101 cm³/mol. The molecule has 1 atom stereocenters. The Hall–Kier alpha value is -2.34. The molecule has 0 spiro atoms. The van der Waals surface area contributed by atoms with E-state index in [0.29, 0.717) is 6.42 Å². The summed E-state index contributed by atoms with van der Waals surface area (Å²) in [6.45, 7) is 3.40. The summed E-state index contributed by atoms with van der Waals surface area (Å²) in [5.74, 6) is 0.462. The number of hydrogen-bond donors (Lipinski definition) is 2.